The fraction of sp³-hybridized carbons (Fsp3) is 0.769. The van der Waals surface area contributed by atoms with E-state index in [0.29, 0.717) is 6.04 Å². The second kappa shape index (κ2) is 6.44. The van der Waals surface area contributed by atoms with E-state index in [-0.39, 0.29) is 0 Å². The van der Waals surface area contributed by atoms with E-state index in [1.54, 1.807) is 0 Å². The Bertz CT molecular complexity index is 405. The van der Waals surface area contributed by atoms with Gasteiger partial charge in [0.2, 0.25) is 0 Å². The smallest absolute Gasteiger partial charge is 0.0738 e. The molecule has 102 valence electrons. The van der Waals surface area contributed by atoms with E-state index in [4.69, 9.17) is 0 Å². The summed E-state index contributed by atoms with van der Waals surface area (Å²) in [5.41, 5.74) is 2.43. The molecule has 2 atom stereocenters. The van der Waals surface area contributed by atoms with Gasteiger partial charge in [0, 0.05) is 18.8 Å². The zero-order valence-corrected chi connectivity index (χ0v) is 13.8. The van der Waals surface area contributed by atoms with Crippen molar-refractivity contribution in [2.24, 2.45) is 13.0 Å². The minimum absolute atomic E-state index is 0.664. The Morgan fingerprint density at radius 2 is 2.28 bits per heavy atom. The van der Waals surface area contributed by atoms with Gasteiger partial charge in [0.05, 0.1) is 15.9 Å². The summed E-state index contributed by atoms with van der Waals surface area (Å²) < 4.78 is 3.22. The molecule has 0 radical (unpaired) electrons. The van der Waals surface area contributed by atoms with Crippen LogP contribution >= 0.6 is 27.7 Å². The zero-order valence-electron chi connectivity index (χ0n) is 11.4. The number of rotatable bonds is 5. The van der Waals surface area contributed by atoms with Crippen molar-refractivity contribution in [3.63, 3.8) is 0 Å². The van der Waals surface area contributed by atoms with Gasteiger partial charge in [-0.3, -0.25) is 4.68 Å². The average Bonchev–Trinajstić information content (AvgIpc) is 2.87. The molecule has 0 amide bonds. The van der Waals surface area contributed by atoms with Crippen molar-refractivity contribution in [1.82, 2.24) is 15.1 Å². The average molecular weight is 332 g/mol. The normalized spacial score (nSPS) is 23.8. The predicted octanol–water partition coefficient (Wildman–Crippen LogP) is 2.76. The number of nitrogens with zero attached hydrogens (tertiary/aromatic N) is 2. The lowest BCUT2D eigenvalue weighted by Crippen LogP contribution is -2.37. The van der Waals surface area contributed by atoms with Crippen LogP contribution in [0.3, 0.4) is 0 Å². The number of hydrogen-bond donors (Lipinski definition) is 1. The highest BCUT2D eigenvalue weighted by molar-refractivity contribution is 9.10. The molecule has 1 saturated heterocycles. The Hall–Kier alpha value is 0. The molecule has 1 N–H and O–H groups in total. The van der Waals surface area contributed by atoms with Crippen molar-refractivity contribution in [2.45, 2.75) is 32.7 Å². The maximum absolute atomic E-state index is 4.48. The van der Waals surface area contributed by atoms with Crippen LogP contribution in [0, 0.1) is 12.8 Å². The fourth-order valence-electron chi connectivity index (χ4n) is 2.51. The van der Waals surface area contributed by atoms with Crippen molar-refractivity contribution in [3.05, 3.63) is 15.9 Å². The van der Waals surface area contributed by atoms with E-state index in [9.17, 15) is 0 Å². The number of hydrogen-bond acceptors (Lipinski definition) is 3. The number of halogens is 1. The molecule has 1 aromatic heterocycles. The Morgan fingerprint density at radius 1 is 1.50 bits per heavy atom. The summed E-state index contributed by atoms with van der Waals surface area (Å²) in [5.74, 6) is 3.24. The van der Waals surface area contributed by atoms with Crippen molar-refractivity contribution in [1.29, 1.82) is 0 Å². The summed E-state index contributed by atoms with van der Waals surface area (Å²) in [7, 11) is 2.05. The lowest BCUT2D eigenvalue weighted by molar-refractivity contribution is 0.416. The van der Waals surface area contributed by atoms with E-state index in [0.717, 1.165) is 24.6 Å². The quantitative estimate of drug-likeness (QED) is 0.899. The first-order chi connectivity index (χ1) is 8.63. The van der Waals surface area contributed by atoms with Crippen LogP contribution in [0.15, 0.2) is 4.47 Å². The number of aromatic nitrogens is 2. The highest BCUT2D eigenvalue weighted by Crippen LogP contribution is 2.30. The van der Waals surface area contributed by atoms with Gasteiger partial charge in [0.15, 0.2) is 0 Å². The van der Waals surface area contributed by atoms with Crippen LogP contribution < -0.4 is 5.32 Å². The summed E-state index contributed by atoms with van der Waals surface area (Å²) >= 11 is 5.74. The van der Waals surface area contributed by atoms with Crippen LogP contribution in [0.2, 0.25) is 0 Å². The second-order valence-electron chi connectivity index (χ2n) is 5.03. The molecule has 0 bridgehead atoms. The molecule has 2 rings (SSSR count). The summed E-state index contributed by atoms with van der Waals surface area (Å²) in [6, 6.07) is 0.664. The maximum Gasteiger partial charge on any atom is 0.0738 e. The molecule has 1 aliphatic heterocycles. The second-order valence-corrected chi connectivity index (χ2v) is 6.90. The minimum Gasteiger partial charge on any atom is -0.313 e. The zero-order chi connectivity index (χ0) is 13.1. The maximum atomic E-state index is 4.48. The van der Waals surface area contributed by atoms with Crippen molar-refractivity contribution in [2.75, 3.05) is 18.1 Å². The Kier molecular flexibility index (Phi) is 5.15. The molecule has 2 heterocycles. The van der Waals surface area contributed by atoms with Crippen molar-refractivity contribution >= 4 is 27.7 Å². The van der Waals surface area contributed by atoms with Gasteiger partial charge in [-0.05, 0) is 53.9 Å². The van der Waals surface area contributed by atoms with E-state index >= 15 is 0 Å². The van der Waals surface area contributed by atoms with Gasteiger partial charge in [-0.1, -0.05) is 6.92 Å². The molecule has 18 heavy (non-hydrogen) atoms. The van der Waals surface area contributed by atoms with E-state index in [1.807, 2.05) is 11.7 Å². The molecular weight excluding hydrogens is 310 g/mol. The molecule has 0 aliphatic carbocycles. The van der Waals surface area contributed by atoms with Gasteiger partial charge >= 0.3 is 0 Å². The van der Waals surface area contributed by atoms with E-state index < -0.39 is 0 Å². The topological polar surface area (TPSA) is 29.9 Å². The summed E-state index contributed by atoms with van der Waals surface area (Å²) in [6.07, 6.45) is 2.33. The molecule has 0 saturated carbocycles. The van der Waals surface area contributed by atoms with Crippen molar-refractivity contribution in [3.8, 4) is 0 Å². The Labute approximate surface area is 122 Å². The van der Waals surface area contributed by atoms with Crippen molar-refractivity contribution < 1.29 is 0 Å². The van der Waals surface area contributed by atoms with Gasteiger partial charge in [-0.2, -0.15) is 16.9 Å². The third kappa shape index (κ3) is 3.11. The van der Waals surface area contributed by atoms with Gasteiger partial charge < -0.3 is 5.32 Å². The molecule has 0 aromatic carbocycles. The third-order valence-corrected chi connectivity index (χ3v) is 5.86. The number of aryl methyl sites for hydroxylation is 2. The fourth-order valence-corrected chi connectivity index (χ4v) is 4.44. The summed E-state index contributed by atoms with van der Waals surface area (Å²) in [4.78, 5) is 0. The van der Waals surface area contributed by atoms with E-state index in [1.165, 1.54) is 28.1 Å². The van der Waals surface area contributed by atoms with Gasteiger partial charge in [-0.25, -0.2) is 0 Å². The molecule has 1 aromatic rings. The molecule has 2 unspecified atom stereocenters. The number of nitrogens with one attached hydrogen (secondary N) is 1. The SMILES string of the molecule is CCCNC1CSCC1Cc1c(Br)c(C)nn1C. The molecule has 5 heteroatoms. The molecular formula is C13H22BrN3S. The standard InChI is InChI=1S/C13H22BrN3S/c1-4-5-15-11-8-18-7-10(11)6-12-13(14)9(2)16-17(12)3/h10-11,15H,4-8H2,1-3H3. The molecule has 1 fully saturated rings. The van der Waals surface area contributed by atoms with Gasteiger partial charge in [0.25, 0.3) is 0 Å². The Balaban J connectivity index is 2.03. The summed E-state index contributed by atoms with van der Waals surface area (Å²) in [6.45, 7) is 5.42. The minimum atomic E-state index is 0.664. The highest BCUT2D eigenvalue weighted by atomic mass is 79.9. The van der Waals surface area contributed by atoms with Gasteiger partial charge in [-0.15, -0.1) is 0 Å². The van der Waals surface area contributed by atoms with Crippen LogP contribution in [0.1, 0.15) is 24.7 Å². The van der Waals surface area contributed by atoms with Crippen LogP contribution in [0.4, 0.5) is 0 Å². The predicted molar refractivity (Wildman–Crippen MR) is 82.2 cm³/mol. The third-order valence-electron chi connectivity index (χ3n) is 3.57. The van der Waals surface area contributed by atoms with Gasteiger partial charge in [0.1, 0.15) is 0 Å². The molecule has 1 aliphatic rings. The van der Waals surface area contributed by atoms with E-state index in [2.05, 4.69) is 52.0 Å². The van der Waals surface area contributed by atoms with Crippen LogP contribution in [-0.4, -0.2) is 33.9 Å². The molecule has 3 nitrogen and oxygen atoms in total. The molecule has 0 spiro atoms. The van der Waals surface area contributed by atoms with Crippen LogP contribution in [-0.2, 0) is 13.5 Å². The lowest BCUT2D eigenvalue weighted by atomic mass is 9.97. The largest absolute Gasteiger partial charge is 0.313 e. The Morgan fingerprint density at radius 3 is 2.89 bits per heavy atom. The monoisotopic (exact) mass is 331 g/mol. The van der Waals surface area contributed by atoms with Crippen LogP contribution in [0.5, 0.6) is 0 Å². The number of thioether (sulfide) groups is 1. The first-order valence-corrected chi connectivity index (χ1v) is 8.57. The van der Waals surface area contributed by atoms with Crippen LogP contribution in [0.25, 0.3) is 0 Å². The first kappa shape index (κ1) is 14.4. The highest BCUT2D eigenvalue weighted by Gasteiger charge is 2.29. The summed E-state index contributed by atoms with van der Waals surface area (Å²) in [5, 5.41) is 8.16. The first-order valence-electron chi connectivity index (χ1n) is 6.62. The lowest BCUT2D eigenvalue weighted by Gasteiger charge is -2.20.